The molecule has 1 aromatic rings. The van der Waals surface area contributed by atoms with Gasteiger partial charge in [0.1, 0.15) is 0 Å². The van der Waals surface area contributed by atoms with Crippen molar-refractivity contribution in [2.75, 3.05) is 19.6 Å². The highest BCUT2D eigenvalue weighted by atomic mass is 16.3. The zero-order chi connectivity index (χ0) is 11.1. The number of fused-ring (bicyclic) bond motifs is 1. The van der Waals surface area contributed by atoms with E-state index in [2.05, 4.69) is 10.3 Å². The summed E-state index contributed by atoms with van der Waals surface area (Å²) in [6.45, 7) is 4.53. The zero-order valence-electron chi connectivity index (χ0n) is 9.27. The number of hydrogen-bond acceptors (Lipinski definition) is 4. The van der Waals surface area contributed by atoms with Crippen molar-refractivity contribution in [3.8, 4) is 0 Å². The van der Waals surface area contributed by atoms with E-state index in [1.807, 2.05) is 4.90 Å². The van der Waals surface area contributed by atoms with E-state index in [1.54, 1.807) is 6.92 Å². The fourth-order valence-corrected chi connectivity index (χ4v) is 2.45. The first-order valence-corrected chi connectivity index (χ1v) is 5.68. The molecule has 16 heavy (non-hydrogen) atoms. The second-order valence-corrected chi connectivity index (χ2v) is 4.58. The molecule has 2 aliphatic rings. The fraction of sp³-hybridized carbons (Fsp3) is 0.636. The van der Waals surface area contributed by atoms with Crippen LogP contribution in [0.25, 0.3) is 0 Å². The third-order valence-corrected chi connectivity index (χ3v) is 3.63. The molecule has 2 saturated heterocycles. The summed E-state index contributed by atoms with van der Waals surface area (Å²) in [7, 11) is 0. The largest absolute Gasteiger partial charge is 0.438 e. The number of aromatic nitrogens is 1. The van der Waals surface area contributed by atoms with Crippen LogP contribution in [0, 0.1) is 12.8 Å². The Balaban J connectivity index is 1.73. The average Bonchev–Trinajstić information content (AvgIpc) is 2.65. The number of rotatable bonds is 1. The Morgan fingerprint density at radius 2 is 2.56 bits per heavy atom. The van der Waals surface area contributed by atoms with Crippen molar-refractivity contribution in [2.24, 2.45) is 5.92 Å². The Labute approximate surface area is 93.8 Å². The summed E-state index contributed by atoms with van der Waals surface area (Å²) in [4.78, 5) is 17.9. The number of amides is 1. The number of nitrogens with one attached hydrogen (secondary N) is 1. The first-order valence-electron chi connectivity index (χ1n) is 5.68. The minimum atomic E-state index is -0.0258. The molecule has 1 amide bonds. The zero-order valence-corrected chi connectivity index (χ0v) is 9.27. The number of likely N-dealkylation sites (tertiary alicyclic amines) is 1. The second-order valence-electron chi connectivity index (χ2n) is 4.58. The second kappa shape index (κ2) is 3.59. The third kappa shape index (κ3) is 1.43. The molecule has 5 heteroatoms. The van der Waals surface area contributed by atoms with Crippen LogP contribution in [0.1, 0.15) is 22.7 Å². The quantitative estimate of drug-likeness (QED) is 0.746. The number of carbonyl (C=O) groups is 1. The molecule has 3 heterocycles. The highest BCUT2D eigenvalue weighted by Crippen LogP contribution is 2.25. The van der Waals surface area contributed by atoms with Crippen LogP contribution in [0.5, 0.6) is 0 Å². The topological polar surface area (TPSA) is 58.4 Å². The van der Waals surface area contributed by atoms with Gasteiger partial charge in [-0.15, -0.1) is 0 Å². The molecule has 2 fully saturated rings. The van der Waals surface area contributed by atoms with Crippen molar-refractivity contribution in [2.45, 2.75) is 19.4 Å². The normalized spacial score (nSPS) is 28.4. The monoisotopic (exact) mass is 221 g/mol. The molecule has 0 aliphatic carbocycles. The van der Waals surface area contributed by atoms with Gasteiger partial charge in [-0.05, 0) is 25.8 Å². The van der Waals surface area contributed by atoms with E-state index in [1.165, 1.54) is 6.39 Å². The van der Waals surface area contributed by atoms with Crippen LogP contribution in [0.2, 0.25) is 0 Å². The summed E-state index contributed by atoms with van der Waals surface area (Å²) < 4.78 is 5.14. The Morgan fingerprint density at radius 1 is 1.69 bits per heavy atom. The lowest BCUT2D eigenvalue weighted by molar-refractivity contribution is 0.0489. The van der Waals surface area contributed by atoms with Crippen molar-refractivity contribution in [1.29, 1.82) is 0 Å². The van der Waals surface area contributed by atoms with Gasteiger partial charge in [0, 0.05) is 19.1 Å². The maximum atomic E-state index is 12.1. The lowest BCUT2D eigenvalue weighted by Crippen LogP contribution is -2.62. The van der Waals surface area contributed by atoms with Crippen LogP contribution in [0.4, 0.5) is 0 Å². The highest BCUT2D eigenvalue weighted by molar-refractivity contribution is 5.92. The molecule has 0 aromatic carbocycles. The van der Waals surface area contributed by atoms with Crippen molar-refractivity contribution in [1.82, 2.24) is 15.2 Å². The van der Waals surface area contributed by atoms with Gasteiger partial charge in [-0.1, -0.05) is 0 Å². The molecule has 2 unspecified atom stereocenters. The van der Waals surface area contributed by atoms with Gasteiger partial charge in [0.05, 0.1) is 5.69 Å². The number of hydrogen-bond donors (Lipinski definition) is 1. The van der Waals surface area contributed by atoms with Crippen molar-refractivity contribution in [3.63, 3.8) is 0 Å². The molecule has 5 nitrogen and oxygen atoms in total. The van der Waals surface area contributed by atoms with E-state index in [9.17, 15) is 4.79 Å². The Bertz CT molecular complexity index is 415. The Hall–Kier alpha value is -1.36. The summed E-state index contributed by atoms with van der Waals surface area (Å²) in [6, 6.07) is 0.487. The Kier molecular flexibility index (Phi) is 2.21. The van der Waals surface area contributed by atoms with Crippen molar-refractivity contribution in [3.05, 3.63) is 17.8 Å². The van der Waals surface area contributed by atoms with Crippen LogP contribution in [-0.4, -0.2) is 41.5 Å². The molecule has 0 bridgehead atoms. The first kappa shape index (κ1) is 9.84. The molecule has 2 atom stereocenters. The lowest BCUT2D eigenvalue weighted by atomic mass is 9.85. The van der Waals surface area contributed by atoms with Crippen LogP contribution >= 0.6 is 0 Å². The van der Waals surface area contributed by atoms with Gasteiger partial charge in [-0.3, -0.25) is 4.79 Å². The van der Waals surface area contributed by atoms with E-state index >= 15 is 0 Å². The highest BCUT2D eigenvalue weighted by Gasteiger charge is 2.38. The molecule has 2 aliphatic heterocycles. The summed E-state index contributed by atoms with van der Waals surface area (Å²) in [5, 5.41) is 3.35. The van der Waals surface area contributed by atoms with Crippen molar-refractivity contribution < 1.29 is 9.21 Å². The molecule has 0 saturated carbocycles. The van der Waals surface area contributed by atoms with E-state index in [-0.39, 0.29) is 5.91 Å². The molecule has 86 valence electrons. The summed E-state index contributed by atoms with van der Waals surface area (Å²) >= 11 is 0. The van der Waals surface area contributed by atoms with Gasteiger partial charge in [-0.25, -0.2) is 4.98 Å². The molecule has 1 N–H and O–H groups in total. The summed E-state index contributed by atoms with van der Waals surface area (Å²) in [6.07, 6.45) is 2.42. The standard InChI is InChI=1S/C11H15N3O2/c1-7-10(16-6-13-7)11(15)14-3-2-8-4-12-9(8)5-14/h6,8-9,12H,2-5H2,1H3. The van der Waals surface area contributed by atoms with E-state index < -0.39 is 0 Å². The van der Waals surface area contributed by atoms with Crippen LogP contribution in [-0.2, 0) is 0 Å². The molecule has 0 spiro atoms. The number of carbonyl (C=O) groups excluding carboxylic acids is 1. The summed E-state index contributed by atoms with van der Waals surface area (Å²) in [5.41, 5.74) is 0.675. The maximum absolute atomic E-state index is 12.1. The summed E-state index contributed by atoms with van der Waals surface area (Å²) in [5.74, 6) is 1.12. The average molecular weight is 221 g/mol. The predicted octanol–water partition coefficient (Wildman–Crippen LogP) is 0.417. The number of nitrogens with zero attached hydrogens (tertiary/aromatic N) is 2. The van der Waals surface area contributed by atoms with E-state index in [0.29, 0.717) is 17.5 Å². The van der Waals surface area contributed by atoms with Crippen LogP contribution in [0.3, 0.4) is 0 Å². The van der Waals surface area contributed by atoms with Gasteiger partial charge in [0.15, 0.2) is 6.39 Å². The molecule has 3 rings (SSSR count). The maximum Gasteiger partial charge on any atom is 0.291 e. The van der Waals surface area contributed by atoms with Crippen molar-refractivity contribution >= 4 is 5.91 Å². The van der Waals surface area contributed by atoms with Gasteiger partial charge < -0.3 is 14.6 Å². The van der Waals surface area contributed by atoms with Crippen LogP contribution in [0.15, 0.2) is 10.8 Å². The molecule has 0 radical (unpaired) electrons. The number of aryl methyl sites for hydroxylation is 1. The van der Waals surface area contributed by atoms with Gasteiger partial charge in [-0.2, -0.15) is 0 Å². The number of oxazole rings is 1. The predicted molar refractivity (Wildman–Crippen MR) is 57.0 cm³/mol. The van der Waals surface area contributed by atoms with Gasteiger partial charge in [0.25, 0.3) is 5.91 Å². The SMILES string of the molecule is Cc1ncoc1C(=O)N1CCC2CNC2C1. The Morgan fingerprint density at radius 3 is 3.12 bits per heavy atom. The molecular formula is C11H15N3O2. The number of piperidine rings is 1. The third-order valence-electron chi connectivity index (χ3n) is 3.63. The lowest BCUT2D eigenvalue weighted by Gasteiger charge is -2.46. The van der Waals surface area contributed by atoms with E-state index in [4.69, 9.17) is 4.42 Å². The van der Waals surface area contributed by atoms with E-state index in [0.717, 1.165) is 32.0 Å². The minimum Gasteiger partial charge on any atom is -0.438 e. The first-order chi connectivity index (χ1) is 7.75. The molecular weight excluding hydrogens is 206 g/mol. The molecule has 1 aromatic heterocycles. The van der Waals surface area contributed by atoms with Gasteiger partial charge in [0.2, 0.25) is 5.76 Å². The van der Waals surface area contributed by atoms with Gasteiger partial charge >= 0.3 is 0 Å². The van der Waals surface area contributed by atoms with Crippen LogP contribution < -0.4 is 5.32 Å². The smallest absolute Gasteiger partial charge is 0.291 e. The fourth-order valence-electron chi connectivity index (χ4n) is 2.45. The minimum absolute atomic E-state index is 0.0258.